The fraction of sp³-hybridized carbons (Fsp3) is 0.667. The Morgan fingerprint density at radius 1 is 1.25 bits per heavy atom. The molecule has 152 valence electrons. The third-order valence-corrected chi connectivity index (χ3v) is 9.50. The minimum absolute atomic E-state index is 0.00496. The molecule has 0 unspecified atom stereocenters. The van der Waals surface area contributed by atoms with E-state index >= 15 is 0 Å². The summed E-state index contributed by atoms with van der Waals surface area (Å²) < 4.78 is 0. The van der Waals surface area contributed by atoms with Crippen molar-refractivity contribution in [1.29, 1.82) is 0 Å². The summed E-state index contributed by atoms with van der Waals surface area (Å²) in [5.74, 6) is -1.97. The van der Waals surface area contributed by atoms with Crippen LogP contribution >= 0.6 is 23.2 Å². The summed E-state index contributed by atoms with van der Waals surface area (Å²) >= 11 is 13.9. The average Bonchev–Trinajstić information content (AvgIpc) is 2.92. The van der Waals surface area contributed by atoms with Crippen molar-refractivity contribution in [3.63, 3.8) is 0 Å². The lowest BCUT2D eigenvalue weighted by Gasteiger charge is -2.61. The van der Waals surface area contributed by atoms with Gasteiger partial charge in [-0.15, -0.1) is 11.6 Å². The summed E-state index contributed by atoms with van der Waals surface area (Å²) in [6.45, 7) is 3.08. The Labute approximate surface area is 173 Å². The van der Waals surface area contributed by atoms with Gasteiger partial charge in [-0.1, -0.05) is 31.5 Å². The molecule has 0 amide bonds. The monoisotopic (exact) mass is 426 g/mol. The average molecular weight is 427 g/mol. The van der Waals surface area contributed by atoms with Crippen LogP contribution in [0, 0.1) is 22.7 Å². The van der Waals surface area contributed by atoms with Crippen LogP contribution in [0.25, 0.3) is 0 Å². The van der Waals surface area contributed by atoms with E-state index in [2.05, 4.69) is 0 Å². The Kier molecular flexibility index (Phi) is 4.35. The molecule has 2 N–H and O–H groups in total. The van der Waals surface area contributed by atoms with Crippen LogP contribution in [0.15, 0.2) is 22.8 Å². The predicted octanol–water partition coefficient (Wildman–Crippen LogP) is 2.69. The number of carbonyl (C=O) groups is 3. The first-order valence-corrected chi connectivity index (χ1v) is 10.4. The van der Waals surface area contributed by atoms with Gasteiger partial charge in [-0.05, 0) is 43.3 Å². The maximum Gasteiger partial charge on any atom is 0.221 e. The second-order valence-corrected chi connectivity index (χ2v) is 10.3. The van der Waals surface area contributed by atoms with Crippen molar-refractivity contribution in [2.24, 2.45) is 22.7 Å². The van der Waals surface area contributed by atoms with E-state index in [0.29, 0.717) is 29.9 Å². The van der Waals surface area contributed by atoms with Crippen molar-refractivity contribution in [3.05, 3.63) is 22.8 Å². The van der Waals surface area contributed by atoms with Crippen LogP contribution in [0.5, 0.6) is 0 Å². The molecule has 5 nitrogen and oxygen atoms in total. The second-order valence-electron chi connectivity index (χ2n) is 9.26. The molecule has 0 aromatic heterocycles. The largest absolute Gasteiger partial charge is 0.388 e. The summed E-state index contributed by atoms with van der Waals surface area (Å²) in [5.41, 5.74) is -2.53. The van der Waals surface area contributed by atoms with Gasteiger partial charge in [0.05, 0.1) is 4.87 Å². The molecule has 28 heavy (non-hydrogen) atoms. The highest BCUT2D eigenvalue weighted by Crippen LogP contribution is 2.70. The van der Waals surface area contributed by atoms with Crippen LogP contribution < -0.4 is 0 Å². The van der Waals surface area contributed by atoms with E-state index in [9.17, 15) is 24.6 Å². The van der Waals surface area contributed by atoms with Gasteiger partial charge in [0.2, 0.25) is 11.6 Å². The molecule has 0 heterocycles. The number of halogens is 2. The highest BCUT2D eigenvalue weighted by Gasteiger charge is 2.70. The summed E-state index contributed by atoms with van der Waals surface area (Å²) in [6, 6.07) is 0. The van der Waals surface area contributed by atoms with Crippen molar-refractivity contribution in [1.82, 2.24) is 0 Å². The van der Waals surface area contributed by atoms with Crippen LogP contribution in [0.4, 0.5) is 0 Å². The maximum atomic E-state index is 12.4. The summed E-state index contributed by atoms with van der Waals surface area (Å²) in [5, 5.41) is 21.0. The van der Waals surface area contributed by atoms with Crippen molar-refractivity contribution in [2.45, 2.75) is 56.4 Å². The van der Waals surface area contributed by atoms with Gasteiger partial charge in [0.15, 0.2) is 5.78 Å². The number of allylic oxidation sites excluding steroid dienone is 4. The fourth-order valence-electron chi connectivity index (χ4n) is 6.48. The first-order chi connectivity index (χ1) is 12.9. The summed E-state index contributed by atoms with van der Waals surface area (Å²) in [4.78, 5) is 35.8. The number of carbonyl (C=O) groups excluding carboxylic acids is 3. The van der Waals surface area contributed by atoms with Gasteiger partial charge in [0, 0.05) is 28.2 Å². The lowest BCUT2D eigenvalue weighted by Crippen LogP contribution is -2.63. The Morgan fingerprint density at radius 3 is 2.57 bits per heavy atom. The van der Waals surface area contributed by atoms with E-state index in [1.54, 1.807) is 0 Å². The highest BCUT2D eigenvalue weighted by atomic mass is 35.5. The van der Waals surface area contributed by atoms with Gasteiger partial charge in [-0.3, -0.25) is 14.4 Å². The Bertz CT molecular complexity index is 863. The van der Waals surface area contributed by atoms with E-state index in [-0.39, 0.29) is 24.7 Å². The summed E-state index contributed by atoms with van der Waals surface area (Å²) in [7, 11) is 0. The standard InChI is InChI=1S/C21H24Cl2O5/c1-18-5-6-20(23)12(11(18)3-4-21(18,28)17(27)10-24)7-14(22)13-8-15(25)16(26)9-19(13,20)2/h7-8,11-12,24,28H,3-6,9-10H2,1-2H3/t11-,12-,18-,19-,20+,21-/m0/s1. The molecule has 0 saturated heterocycles. The normalized spacial score (nSPS) is 47.6. The molecule has 2 saturated carbocycles. The molecule has 2 fully saturated rings. The maximum absolute atomic E-state index is 12.4. The topological polar surface area (TPSA) is 91.7 Å². The van der Waals surface area contributed by atoms with Crippen LogP contribution in [0.3, 0.4) is 0 Å². The lowest BCUT2D eigenvalue weighted by atomic mass is 9.47. The van der Waals surface area contributed by atoms with E-state index in [0.717, 1.165) is 0 Å². The van der Waals surface area contributed by atoms with Gasteiger partial charge in [0.25, 0.3) is 0 Å². The van der Waals surface area contributed by atoms with Gasteiger partial charge >= 0.3 is 0 Å². The van der Waals surface area contributed by atoms with E-state index in [4.69, 9.17) is 23.2 Å². The molecule has 0 aliphatic heterocycles. The van der Waals surface area contributed by atoms with Gasteiger partial charge in [0.1, 0.15) is 12.2 Å². The smallest absolute Gasteiger partial charge is 0.221 e. The fourth-order valence-corrected chi connectivity index (χ4v) is 7.35. The molecular formula is C21H24Cl2O5. The zero-order valence-electron chi connectivity index (χ0n) is 15.9. The van der Waals surface area contributed by atoms with Gasteiger partial charge in [-0.25, -0.2) is 0 Å². The minimum atomic E-state index is -1.60. The van der Waals surface area contributed by atoms with Crippen LogP contribution in [0.2, 0.25) is 0 Å². The zero-order valence-corrected chi connectivity index (χ0v) is 17.4. The molecule has 4 rings (SSSR count). The number of hydrogen-bond donors (Lipinski definition) is 2. The molecule has 0 radical (unpaired) electrons. The van der Waals surface area contributed by atoms with Crippen LogP contribution in [-0.4, -0.2) is 44.6 Å². The highest BCUT2D eigenvalue weighted by molar-refractivity contribution is 6.44. The quantitative estimate of drug-likeness (QED) is 0.522. The molecule has 0 bridgehead atoms. The number of rotatable bonds is 2. The zero-order chi connectivity index (χ0) is 20.7. The predicted molar refractivity (Wildman–Crippen MR) is 104 cm³/mol. The van der Waals surface area contributed by atoms with Crippen LogP contribution in [0.1, 0.15) is 46.0 Å². The van der Waals surface area contributed by atoms with Gasteiger partial charge in [-0.2, -0.15) is 0 Å². The van der Waals surface area contributed by atoms with Crippen LogP contribution in [-0.2, 0) is 14.4 Å². The third-order valence-electron chi connectivity index (χ3n) is 8.31. The van der Waals surface area contributed by atoms with Gasteiger partial charge < -0.3 is 10.2 Å². The number of ketones is 3. The van der Waals surface area contributed by atoms with E-state index < -0.39 is 45.3 Å². The first-order valence-electron chi connectivity index (χ1n) is 9.67. The van der Waals surface area contributed by atoms with Crippen molar-refractivity contribution >= 4 is 40.6 Å². The molecule has 7 heteroatoms. The number of hydrogen-bond acceptors (Lipinski definition) is 5. The number of alkyl halides is 1. The molecule has 4 aliphatic rings. The van der Waals surface area contributed by atoms with E-state index in [1.807, 2.05) is 19.9 Å². The Balaban J connectivity index is 1.85. The van der Waals surface area contributed by atoms with Crippen molar-refractivity contribution < 1.29 is 24.6 Å². The number of aliphatic hydroxyl groups is 2. The Hall–Kier alpha value is -1.01. The molecule has 6 atom stereocenters. The number of Topliss-reactive ketones (excluding diaryl/α,β-unsaturated/α-hetero) is 2. The molecule has 0 spiro atoms. The van der Waals surface area contributed by atoms with Crippen molar-refractivity contribution in [3.8, 4) is 0 Å². The number of fused-ring (bicyclic) bond motifs is 5. The Morgan fingerprint density at radius 2 is 1.93 bits per heavy atom. The molecule has 0 aromatic carbocycles. The number of aliphatic hydroxyl groups excluding tert-OH is 1. The minimum Gasteiger partial charge on any atom is -0.388 e. The lowest BCUT2D eigenvalue weighted by molar-refractivity contribution is -0.160. The molecule has 0 aromatic rings. The first kappa shape index (κ1) is 20.3. The molecule has 4 aliphatic carbocycles. The SMILES string of the molecule is C[C@]12CC(=O)C(=O)C=C1C(Cl)=C[C@H]1[C@@H]3CC[C@](O)(C(=O)CO)[C@@]3(C)CC[C@@]12Cl. The third kappa shape index (κ3) is 2.19. The summed E-state index contributed by atoms with van der Waals surface area (Å²) in [6.07, 6.45) is 4.95. The van der Waals surface area contributed by atoms with Crippen molar-refractivity contribution in [2.75, 3.05) is 6.61 Å². The second kappa shape index (κ2) is 6.00. The van der Waals surface area contributed by atoms with E-state index in [1.165, 1.54) is 6.08 Å². The molecular weight excluding hydrogens is 403 g/mol.